The van der Waals surface area contributed by atoms with E-state index in [1.54, 1.807) is 43.3 Å². The van der Waals surface area contributed by atoms with Crippen LogP contribution in [0.15, 0.2) is 47.4 Å². The summed E-state index contributed by atoms with van der Waals surface area (Å²) in [6, 6.07) is 11.8. The molecule has 2 amide bonds. The van der Waals surface area contributed by atoms with Gasteiger partial charge >= 0.3 is 0 Å². The van der Waals surface area contributed by atoms with Crippen molar-refractivity contribution in [3.05, 3.63) is 53.6 Å². The number of methoxy groups -OCH3 is 1. The number of hydrogen-bond acceptors (Lipinski definition) is 5. The summed E-state index contributed by atoms with van der Waals surface area (Å²) in [6.45, 7) is 1.80. The van der Waals surface area contributed by atoms with Crippen molar-refractivity contribution in [2.45, 2.75) is 44.0 Å². The highest BCUT2D eigenvalue weighted by Crippen LogP contribution is 2.38. The molecule has 31 heavy (non-hydrogen) atoms. The van der Waals surface area contributed by atoms with Crippen molar-refractivity contribution in [1.29, 1.82) is 0 Å². The van der Waals surface area contributed by atoms with Crippen molar-refractivity contribution in [1.82, 2.24) is 4.90 Å². The van der Waals surface area contributed by atoms with E-state index < -0.39 is 10.0 Å². The average molecular weight is 443 g/mol. The lowest BCUT2D eigenvalue weighted by Gasteiger charge is -2.19. The van der Waals surface area contributed by atoms with E-state index in [0.717, 1.165) is 25.7 Å². The van der Waals surface area contributed by atoms with Crippen LogP contribution in [-0.2, 0) is 26.2 Å². The van der Waals surface area contributed by atoms with Crippen LogP contribution in [0.1, 0.15) is 36.8 Å². The summed E-state index contributed by atoms with van der Waals surface area (Å²) in [5.74, 6) is -0.293. The van der Waals surface area contributed by atoms with E-state index in [2.05, 4.69) is 4.72 Å². The molecular formula is C23H26N2O5S. The largest absolute Gasteiger partial charge is 0.495 e. The Morgan fingerprint density at radius 3 is 2.32 bits per heavy atom. The van der Waals surface area contributed by atoms with Crippen LogP contribution in [0.25, 0.3) is 0 Å². The monoisotopic (exact) mass is 442 g/mol. The zero-order valence-corrected chi connectivity index (χ0v) is 18.4. The zero-order valence-electron chi connectivity index (χ0n) is 17.6. The molecule has 2 aliphatic rings. The topological polar surface area (TPSA) is 92.8 Å². The van der Waals surface area contributed by atoms with Crippen molar-refractivity contribution in [2.75, 3.05) is 11.8 Å². The number of rotatable bonds is 6. The molecule has 1 aliphatic carbocycles. The third-order valence-corrected chi connectivity index (χ3v) is 7.67. The fourth-order valence-electron chi connectivity index (χ4n) is 4.53. The molecule has 1 aliphatic heterocycles. The minimum atomic E-state index is -3.90. The third kappa shape index (κ3) is 4.04. The fraction of sp³-hybridized carbons (Fsp3) is 0.391. The summed E-state index contributed by atoms with van der Waals surface area (Å²) in [7, 11) is -2.43. The van der Waals surface area contributed by atoms with Gasteiger partial charge in [0.05, 0.1) is 36.1 Å². The van der Waals surface area contributed by atoms with E-state index in [1.165, 1.54) is 18.1 Å². The number of likely N-dealkylation sites (tertiary alicyclic amines) is 1. The first-order chi connectivity index (χ1) is 14.8. The maximum atomic E-state index is 13.1. The van der Waals surface area contributed by atoms with Gasteiger partial charge in [-0.3, -0.25) is 19.2 Å². The van der Waals surface area contributed by atoms with Gasteiger partial charge in [-0.05, 0) is 49.1 Å². The maximum Gasteiger partial charge on any atom is 0.262 e. The summed E-state index contributed by atoms with van der Waals surface area (Å²) in [5, 5.41) is 0. The third-order valence-electron chi connectivity index (χ3n) is 6.17. The molecule has 1 saturated carbocycles. The Morgan fingerprint density at radius 2 is 1.68 bits per heavy atom. The minimum Gasteiger partial charge on any atom is -0.495 e. The van der Waals surface area contributed by atoms with Gasteiger partial charge in [-0.2, -0.15) is 0 Å². The molecule has 2 atom stereocenters. The Hall–Kier alpha value is -2.87. The van der Waals surface area contributed by atoms with Gasteiger partial charge in [0, 0.05) is 0 Å². The molecule has 7 nitrogen and oxygen atoms in total. The highest BCUT2D eigenvalue weighted by molar-refractivity contribution is 7.92. The predicted octanol–water partition coefficient (Wildman–Crippen LogP) is 3.48. The van der Waals surface area contributed by atoms with Gasteiger partial charge in [-0.1, -0.05) is 37.1 Å². The molecule has 1 saturated heterocycles. The molecule has 0 spiro atoms. The lowest BCUT2D eigenvalue weighted by atomic mass is 9.81. The second-order valence-corrected chi connectivity index (χ2v) is 9.82. The number of sulfonamides is 1. The molecule has 2 fully saturated rings. The number of amides is 2. The van der Waals surface area contributed by atoms with Crippen molar-refractivity contribution in [3.63, 3.8) is 0 Å². The lowest BCUT2D eigenvalue weighted by Crippen LogP contribution is -2.30. The van der Waals surface area contributed by atoms with E-state index in [1.807, 2.05) is 0 Å². The molecule has 1 heterocycles. The number of aryl methyl sites for hydroxylation is 1. The molecule has 164 valence electrons. The van der Waals surface area contributed by atoms with Crippen molar-refractivity contribution in [3.8, 4) is 5.75 Å². The second-order valence-electron chi connectivity index (χ2n) is 8.17. The van der Waals surface area contributed by atoms with Gasteiger partial charge in [-0.15, -0.1) is 0 Å². The molecule has 8 heteroatoms. The average Bonchev–Trinajstić information content (AvgIpc) is 3.00. The number of ether oxygens (including phenoxy) is 1. The van der Waals surface area contributed by atoms with E-state index in [9.17, 15) is 18.0 Å². The van der Waals surface area contributed by atoms with Gasteiger partial charge in [0.25, 0.3) is 10.0 Å². The van der Waals surface area contributed by atoms with Crippen LogP contribution in [0, 0.1) is 18.8 Å². The molecular weight excluding hydrogens is 416 g/mol. The number of nitrogens with zero attached hydrogens (tertiary/aromatic N) is 1. The molecule has 1 N–H and O–H groups in total. The molecule has 4 rings (SSSR count). The van der Waals surface area contributed by atoms with Gasteiger partial charge in [-0.25, -0.2) is 8.42 Å². The Labute approximate surface area is 182 Å². The lowest BCUT2D eigenvalue weighted by molar-refractivity contribution is -0.140. The SMILES string of the molecule is COc1ccccc1NS(=O)(=O)c1cc(CN2C(=O)[C@H]3CCCC[C@@H]3C2=O)ccc1C. The summed E-state index contributed by atoms with van der Waals surface area (Å²) < 4.78 is 34.0. The van der Waals surface area contributed by atoms with Gasteiger partial charge in [0.15, 0.2) is 0 Å². The first-order valence-electron chi connectivity index (χ1n) is 10.4. The van der Waals surface area contributed by atoms with Crippen molar-refractivity contribution in [2.24, 2.45) is 11.8 Å². The van der Waals surface area contributed by atoms with Crippen LogP contribution in [-0.4, -0.2) is 32.2 Å². The van der Waals surface area contributed by atoms with Gasteiger partial charge in [0.2, 0.25) is 11.8 Å². The second kappa shape index (κ2) is 8.34. The molecule has 0 unspecified atom stereocenters. The highest BCUT2D eigenvalue weighted by atomic mass is 32.2. The van der Waals surface area contributed by atoms with E-state index in [-0.39, 0.29) is 35.1 Å². The summed E-state index contributed by atoms with van der Waals surface area (Å²) >= 11 is 0. The minimum absolute atomic E-state index is 0.0854. The van der Waals surface area contributed by atoms with Crippen LogP contribution in [0.3, 0.4) is 0 Å². The highest BCUT2D eigenvalue weighted by Gasteiger charge is 2.47. The van der Waals surface area contributed by atoms with Gasteiger partial charge in [0.1, 0.15) is 5.75 Å². The first kappa shape index (κ1) is 21.4. The summed E-state index contributed by atoms with van der Waals surface area (Å²) in [5.41, 5.74) is 1.51. The normalized spacial score (nSPS) is 21.2. The van der Waals surface area contributed by atoms with E-state index >= 15 is 0 Å². The van der Waals surface area contributed by atoms with Crippen LogP contribution >= 0.6 is 0 Å². The summed E-state index contributed by atoms with van der Waals surface area (Å²) in [6.07, 6.45) is 3.44. The van der Waals surface area contributed by atoms with Crippen molar-refractivity contribution >= 4 is 27.5 Å². The number of imide groups is 1. The number of benzene rings is 2. The number of hydrogen-bond donors (Lipinski definition) is 1. The number of para-hydroxylation sites is 2. The molecule has 2 aromatic rings. The number of fused-ring (bicyclic) bond motifs is 1. The standard InChI is InChI=1S/C23H26N2O5S/c1-15-11-12-16(14-25-22(26)17-7-3-4-8-18(17)23(25)27)13-21(15)31(28,29)24-19-9-5-6-10-20(19)30-2/h5-6,9-13,17-18,24H,3-4,7-8,14H2,1-2H3/t17-,18-/m0/s1. The Kier molecular flexibility index (Phi) is 5.75. The quantitative estimate of drug-likeness (QED) is 0.692. The Bertz CT molecular complexity index is 1100. The van der Waals surface area contributed by atoms with E-state index in [4.69, 9.17) is 4.74 Å². The van der Waals surface area contributed by atoms with Crippen LogP contribution in [0.4, 0.5) is 5.69 Å². The Morgan fingerprint density at radius 1 is 1.03 bits per heavy atom. The molecule has 0 bridgehead atoms. The number of nitrogens with one attached hydrogen (secondary N) is 1. The maximum absolute atomic E-state index is 13.1. The van der Waals surface area contributed by atoms with Crippen LogP contribution in [0.2, 0.25) is 0 Å². The number of carbonyl (C=O) groups is 2. The molecule has 2 aromatic carbocycles. The summed E-state index contributed by atoms with van der Waals surface area (Å²) in [4.78, 5) is 27.0. The Balaban J connectivity index is 1.60. The van der Waals surface area contributed by atoms with Crippen LogP contribution < -0.4 is 9.46 Å². The molecule has 0 aromatic heterocycles. The smallest absolute Gasteiger partial charge is 0.262 e. The first-order valence-corrected chi connectivity index (χ1v) is 11.9. The zero-order chi connectivity index (χ0) is 22.2. The van der Waals surface area contributed by atoms with Gasteiger partial charge < -0.3 is 4.74 Å². The molecule has 0 radical (unpaired) electrons. The number of carbonyl (C=O) groups excluding carboxylic acids is 2. The fourth-order valence-corrected chi connectivity index (χ4v) is 5.90. The van der Waals surface area contributed by atoms with Crippen molar-refractivity contribution < 1.29 is 22.7 Å². The van der Waals surface area contributed by atoms with Crippen LogP contribution in [0.5, 0.6) is 5.75 Å². The van der Waals surface area contributed by atoms with E-state index in [0.29, 0.717) is 22.6 Å². The number of anilines is 1. The predicted molar refractivity (Wildman–Crippen MR) is 116 cm³/mol.